The van der Waals surface area contributed by atoms with E-state index in [1.807, 2.05) is 6.92 Å². The smallest absolute Gasteiger partial charge is 0.391 e. The average Bonchev–Trinajstić information content (AvgIpc) is 2.35. The molecule has 1 heterocycles. The molecule has 20 heavy (non-hydrogen) atoms. The summed E-state index contributed by atoms with van der Waals surface area (Å²) in [6.45, 7) is 4.07. The molecule has 0 atom stereocenters. The van der Waals surface area contributed by atoms with Gasteiger partial charge in [-0.15, -0.1) is 0 Å². The van der Waals surface area contributed by atoms with Crippen molar-refractivity contribution in [1.82, 2.24) is 9.97 Å². The van der Waals surface area contributed by atoms with Crippen LogP contribution in [0.5, 0.6) is 5.88 Å². The van der Waals surface area contributed by atoms with E-state index in [0.29, 0.717) is 31.2 Å². The van der Waals surface area contributed by atoms with E-state index in [1.54, 1.807) is 13.0 Å². The summed E-state index contributed by atoms with van der Waals surface area (Å²) < 4.78 is 43.3. The van der Waals surface area contributed by atoms with E-state index >= 15 is 0 Å². The molecule has 0 radical (unpaired) electrons. The van der Waals surface area contributed by atoms with E-state index in [4.69, 9.17) is 4.74 Å². The van der Waals surface area contributed by atoms with Gasteiger partial charge < -0.3 is 4.74 Å². The molecule has 0 bridgehead atoms. The summed E-state index contributed by atoms with van der Waals surface area (Å²) in [5.74, 6) is 0.195. The number of nitrogens with zero attached hydrogens (tertiary/aromatic N) is 2. The fourth-order valence-electron chi connectivity index (χ4n) is 2.62. The third-order valence-electron chi connectivity index (χ3n) is 3.72. The van der Waals surface area contributed by atoms with Gasteiger partial charge in [-0.05, 0) is 45.4 Å². The van der Waals surface area contributed by atoms with Crippen LogP contribution in [0.15, 0.2) is 6.07 Å². The van der Waals surface area contributed by atoms with Crippen LogP contribution in [0.1, 0.15) is 37.2 Å². The van der Waals surface area contributed by atoms with Crippen LogP contribution >= 0.6 is 0 Å². The SMILES string of the molecule is Cc1cc(OCC2CCC(C(F)(F)F)CC2)nc(C)n1. The van der Waals surface area contributed by atoms with Gasteiger partial charge in [0.05, 0.1) is 12.5 Å². The topological polar surface area (TPSA) is 35.0 Å². The Balaban J connectivity index is 1.81. The number of ether oxygens (including phenoxy) is 1. The molecular weight excluding hydrogens is 269 g/mol. The number of alkyl halides is 3. The number of rotatable bonds is 3. The van der Waals surface area contributed by atoms with Crippen LogP contribution in [0, 0.1) is 25.7 Å². The maximum atomic E-state index is 12.6. The van der Waals surface area contributed by atoms with Crippen molar-refractivity contribution >= 4 is 0 Å². The first-order valence-electron chi connectivity index (χ1n) is 6.86. The molecule has 0 aromatic carbocycles. The highest BCUT2D eigenvalue weighted by molar-refractivity contribution is 5.14. The second-order valence-corrected chi connectivity index (χ2v) is 5.47. The molecule has 0 saturated heterocycles. The molecule has 0 unspecified atom stereocenters. The van der Waals surface area contributed by atoms with Gasteiger partial charge in [0.1, 0.15) is 5.82 Å². The molecule has 0 spiro atoms. The quantitative estimate of drug-likeness (QED) is 0.847. The number of hydrogen-bond acceptors (Lipinski definition) is 3. The number of aromatic nitrogens is 2. The Hall–Kier alpha value is -1.33. The van der Waals surface area contributed by atoms with Gasteiger partial charge in [-0.3, -0.25) is 0 Å². The van der Waals surface area contributed by atoms with Crippen molar-refractivity contribution in [3.05, 3.63) is 17.6 Å². The molecule has 0 N–H and O–H groups in total. The molecule has 0 amide bonds. The predicted molar refractivity (Wildman–Crippen MR) is 68.5 cm³/mol. The molecule has 0 aliphatic heterocycles. The van der Waals surface area contributed by atoms with Crippen molar-refractivity contribution in [2.24, 2.45) is 11.8 Å². The van der Waals surface area contributed by atoms with Crippen LogP contribution in [-0.4, -0.2) is 22.8 Å². The first-order chi connectivity index (χ1) is 9.34. The van der Waals surface area contributed by atoms with Crippen LogP contribution in [0.3, 0.4) is 0 Å². The van der Waals surface area contributed by atoms with Crippen LogP contribution in [0.4, 0.5) is 13.2 Å². The van der Waals surface area contributed by atoms with Crippen LogP contribution in [-0.2, 0) is 0 Å². The fraction of sp³-hybridized carbons (Fsp3) is 0.714. The number of hydrogen-bond donors (Lipinski definition) is 0. The predicted octanol–water partition coefficient (Wildman–Crippen LogP) is 3.84. The summed E-state index contributed by atoms with van der Waals surface area (Å²) >= 11 is 0. The van der Waals surface area contributed by atoms with Gasteiger partial charge in [-0.1, -0.05) is 0 Å². The maximum Gasteiger partial charge on any atom is 0.391 e. The lowest BCUT2D eigenvalue weighted by atomic mass is 9.82. The van der Waals surface area contributed by atoms with Gasteiger partial charge in [0.25, 0.3) is 0 Å². The molecule has 6 heteroatoms. The summed E-state index contributed by atoms with van der Waals surface area (Å²) in [6.07, 6.45) is -2.51. The van der Waals surface area contributed by atoms with E-state index in [9.17, 15) is 13.2 Å². The van der Waals surface area contributed by atoms with Crippen LogP contribution in [0.25, 0.3) is 0 Å². The summed E-state index contributed by atoms with van der Waals surface area (Å²) in [5, 5.41) is 0. The van der Waals surface area contributed by atoms with Gasteiger partial charge >= 0.3 is 6.18 Å². The third kappa shape index (κ3) is 4.08. The molecule has 1 saturated carbocycles. The van der Waals surface area contributed by atoms with Crippen molar-refractivity contribution < 1.29 is 17.9 Å². The lowest BCUT2D eigenvalue weighted by Crippen LogP contribution is -2.29. The molecule has 2 rings (SSSR count). The highest BCUT2D eigenvalue weighted by Gasteiger charge is 2.41. The van der Waals surface area contributed by atoms with E-state index in [-0.39, 0.29) is 18.8 Å². The summed E-state index contributed by atoms with van der Waals surface area (Å²) in [4.78, 5) is 8.31. The van der Waals surface area contributed by atoms with Crippen molar-refractivity contribution in [1.29, 1.82) is 0 Å². The minimum Gasteiger partial charge on any atom is -0.477 e. The molecule has 1 fully saturated rings. The summed E-state index contributed by atoms with van der Waals surface area (Å²) in [5.41, 5.74) is 0.827. The lowest BCUT2D eigenvalue weighted by molar-refractivity contribution is -0.184. The van der Waals surface area contributed by atoms with Gasteiger partial charge in [-0.2, -0.15) is 18.2 Å². The Bertz CT molecular complexity index is 434. The standard InChI is InChI=1S/C14H19F3N2O/c1-9-7-13(19-10(2)18-9)20-8-11-3-5-12(6-4-11)14(15,16)17/h7,11-12H,3-6,8H2,1-2H3. The minimum atomic E-state index is -4.05. The molecule has 1 aromatic rings. The van der Waals surface area contributed by atoms with Gasteiger partial charge in [0.2, 0.25) is 5.88 Å². The largest absolute Gasteiger partial charge is 0.477 e. The summed E-state index contributed by atoms with van der Waals surface area (Å²) in [7, 11) is 0. The zero-order chi connectivity index (χ0) is 14.8. The van der Waals surface area contributed by atoms with Gasteiger partial charge in [0, 0.05) is 11.8 Å². The van der Waals surface area contributed by atoms with E-state index in [1.165, 1.54) is 0 Å². The van der Waals surface area contributed by atoms with Crippen LogP contribution in [0.2, 0.25) is 0 Å². The fourth-order valence-corrected chi connectivity index (χ4v) is 2.62. The molecule has 112 valence electrons. The highest BCUT2D eigenvalue weighted by atomic mass is 19.4. The van der Waals surface area contributed by atoms with Crippen LogP contribution < -0.4 is 4.74 Å². The van der Waals surface area contributed by atoms with Gasteiger partial charge in [0.15, 0.2) is 0 Å². The van der Waals surface area contributed by atoms with E-state index < -0.39 is 12.1 Å². The number of aryl methyl sites for hydroxylation is 2. The minimum absolute atomic E-state index is 0.184. The maximum absolute atomic E-state index is 12.6. The first-order valence-corrected chi connectivity index (χ1v) is 6.86. The Labute approximate surface area is 116 Å². The second-order valence-electron chi connectivity index (χ2n) is 5.47. The normalized spacial score (nSPS) is 23.6. The van der Waals surface area contributed by atoms with Crippen molar-refractivity contribution in [3.8, 4) is 5.88 Å². The molecular formula is C14H19F3N2O. The Morgan fingerprint density at radius 3 is 2.35 bits per heavy atom. The van der Waals surface area contributed by atoms with Crippen molar-refractivity contribution in [2.45, 2.75) is 45.7 Å². The first kappa shape index (κ1) is 15.1. The molecule has 3 nitrogen and oxygen atoms in total. The Morgan fingerprint density at radius 1 is 1.15 bits per heavy atom. The zero-order valence-corrected chi connectivity index (χ0v) is 11.7. The number of halogens is 3. The lowest BCUT2D eigenvalue weighted by Gasteiger charge is -2.29. The van der Waals surface area contributed by atoms with E-state index in [0.717, 1.165) is 5.69 Å². The Kier molecular flexibility index (Phi) is 4.50. The molecule has 1 aliphatic rings. The highest BCUT2D eigenvalue weighted by Crippen LogP contribution is 2.39. The average molecular weight is 288 g/mol. The van der Waals surface area contributed by atoms with E-state index in [2.05, 4.69) is 9.97 Å². The summed E-state index contributed by atoms with van der Waals surface area (Å²) in [6, 6.07) is 1.74. The third-order valence-corrected chi connectivity index (χ3v) is 3.72. The van der Waals surface area contributed by atoms with Gasteiger partial charge in [-0.25, -0.2) is 4.98 Å². The second kappa shape index (κ2) is 5.97. The Morgan fingerprint density at radius 2 is 1.80 bits per heavy atom. The molecule has 1 aliphatic carbocycles. The zero-order valence-electron chi connectivity index (χ0n) is 11.7. The van der Waals surface area contributed by atoms with Crippen molar-refractivity contribution in [2.75, 3.05) is 6.61 Å². The molecule has 1 aromatic heterocycles. The monoisotopic (exact) mass is 288 g/mol. The van der Waals surface area contributed by atoms with Crippen molar-refractivity contribution in [3.63, 3.8) is 0 Å².